The highest BCUT2D eigenvalue weighted by atomic mass is 32.2. The molecular weight excluding hydrogens is 368 g/mol. The van der Waals surface area contributed by atoms with E-state index in [0.717, 1.165) is 22.4 Å². The van der Waals surface area contributed by atoms with Crippen LogP contribution in [0.15, 0.2) is 47.6 Å². The zero-order chi connectivity index (χ0) is 19.4. The van der Waals surface area contributed by atoms with Gasteiger partial charge in [-0.2, -0.15) is 0 Å². The third-order valence-corrected chi connectivity index (χ3v) is 5.58. The summed E-state index contributed by atoms with van der Waals surface area (Å²) < 4.78 is 31.7. The van der Waals surface area contributed by atoms with E-state index < -0.39 is 16.1 Å². The summed E-state index contributed by atoms with van der Waals surface area (Å²) in [5.74, 6) is 0.189. The standard InChI is InChI=1S/C18H20N4O4S/c1-3-4-11-26-18(23)21-16-12-19-17-15(20-16)9-10-22(17)27(24,25)14-7-5-13(2)6-8-14/h5-10,12H,3-4,11H2,1-2H3,(H,20,21,23). The predicted molar refractivity (Wildman–Crippen MR) is 101 cm³/mol. The van der Waals surface area contributed by atoms with E-state index in [-0.39, 0.29) is 16.4 Å². The first-order valence-corrected chi connectivity index (χ1v) is 9.96. The van der Waals surface area contributed by atoms with Crippen molar-refractivity contribution in [2.45, 2.75) is 31.6 Å². The maximum Gasteiger partial charge on any atom is 0.412 e. The Labute approximate surface area is 157 Å². The largest absolute Gasteiger partial charge is 0.449 e. The number of fused-ring (bicyclic) bond motifs is 1. The molecule has 27 heavy (non-hydrogen) atoms. The molecule has 9 heteroatoms. The number of aromatic nitrogens is 3. The molecule has 1 N–H and O–H groups in total. The zero-order valence-corrected chi connectivity index (χ0v) is 15.9. The minimum Gasteiger partial charge on any atom is -0.449 e. The van der Waals surface area contributed by atoms with Crippen molar-refractivity contribution in [2.75, 3.05) is 11.9 Å². The molecule has 0 unspecified atom stereocenters. The van der Waals surface area contributed by atoms with Gasteiger partial charge in [0.15, 0.2) is 11.5 Å². The molecule has 0 bridgehead atoms. The van der Waals surface area contributed by atoms with E-state index in [2.05, 4.69) is 15.3 Å². The number of carbonyl (C=O) groups excluding carboxylic acids is 1. The van der Waals surface area contributed by atoms with Gasteiger partial charge in [-0.25, -0.2) is 27.2 Å². The molecule has 2 aromatic heterocycles. The second-order valence-electron chi connectivity index (χ2n) is 6.01. The lowest BCUT2D eigenvalue weighted by Gasteiger charge is -2.08. The van der Waals surface area contributed by atoms with Crippen LogP contribution in [0.4, 0.5) is 10.6 Å². The van der Waals surface area contributed by atoms with E-state index in [1.807, 2.05) is 13.8 Å². The smallest absolute Gasteiger partial charge is 0.412 e. The lowest BCUT2D eigenvalue weighted by Crippen LogP contribution is -2.16. The number of aryl methyl sites for hydroxylation is 1. The predicted octanol–water partition coefficient (Wildman–Crippen LogP) is 3.33. The molecule has 0 fully saturated rings. The fourth-order valence-corrected chi connectivity index (χ4v) is 3.71. The van der Waals surface area contributed by atoms with Crippen LogP contribution in [-0.2, 0) is 14.8 Å². The van der Waals surface area contributed by atoms with Gasteiger partial charge in [-0.1, -0.05) is 31.0 Å². The molecule has 1 amide bonds. The molecule has 0 radical (unpaired) electrons. The Bertz CT molecular complexity index is 1060. The third kappa shape index (κ3) is 4.08. The summed E-state index contributed by atoms with van der Waals surface area (Å²) in [4.78, 5) is 20.2. The number of hydrogen-bond acceptors (Lipinski definition) is 6. The van der Waals surface area contributed by atoms with E-state index in [4.69, 9.17) is 4.74 Å². The molecule has 0 saturated heterocycles. The summed E-state index contributed by atoms with van der Waals surface area (Å²) in [6.07, 6.45) is 3.76. The molecule has 3 rings (SSSR count). The van der Waals surface area contributed by atoms with Crippen molar-refractivity contribution in [3.05, 3.63) is 48.3 Å². The Balaban J connectivity index is 1.85. The van der Waals surface area contributed by atoms with Crippen LogP contribution in [0, 0.1) is 6.92 Å². The van der Waals surface area contributed by atoms with Gasteiger partial charge >= 0.3 is 6.09 Å². The summed E-state index contributed by atoms with van der Waals surface area (Å²) in [6, 6.07) is 8.09. The normalized spacial score (nSPS) is 11.5. The average molecular weight is 388 g/mol. The van der Waals surface area contributed by atoms with Crippen LogP contribution >= 0.6 is 0 Å². The number of amides is 1. The van der Waals surface area contributed by atoms with Gasteiger partial charge in [0.2, 0.25) is 0 Å². The Morgan fingerprint density at radius 1 is 1.22 bits per heavy atom. The van der Waals surface area contributed by atoms with Gasteiger partial charge in [-0.05, 0) is 31.5 Å². The molecule has 0 spiro atoms. The van der Waals surface area contributed by atoms with Gasteiger partial charge in [0, 0.05) is 6.20 Å². The van der Waals surface area contributed by atoms with E-state index in [1.54, 1.807) is 24.3 Å². The fraction of sp³-hybridized carbons (Fsp3) is 0.278. The number of benzene rings is 1. The summed E-state index contributed by atoms with van der Waals surface area (Å²) in [7, 11) is -3.79. The maximum absolute atomic E-state index is 12.8. The van der Waals surface area contributed by atoms with Crippen LogP contribution in [0.1, 0.15) is 25.3 Å². The topological polar surface area (TPSA) is 103 Å². The second kappa shape index (κ2) is 7.75. The van der Waals surface area contributed by atoms with Gasteiger partial charge in [-0.3, -0.25) is 5.32 Å². The van der Waals surface area contributed by atoms with Gasteiger partial charge in [0.1, 0.15) is 5.52 Å². The molecule has 2 heterocycles. The highest BCUT2D eigenvalue weighted by molar-refractivity contribution is 7.90. The first-order valence-electron chi connectivity index (χ1n) is 8.52. The Hall–Kier alpha value is -2.94. The monoisotopic (exact) mass is 388 g/mol. The second-order valence-corrected chi connectivity index (χ2v) is 7.82. The van der Waals surface area contributed by atoms with Crippen molar-refractivity contribution in [3.63, 3.8) is 0 Å². The van der Waals surface area contributed by atoms with Crippen LogP contribution < -0.4 is 5.32 Å². The van der Waals surface area contributed by atoms with Crippen molar-refractivity contribution in [2.24, 2.45) is 0 Å². The van der Waals surface area contributed by atoms with Crippen LogP contribution in [-0.4, -0.2) is 35.1 Å². The maximum atomic E-state index is 12.8. The molecule has 0 atom stereocenters. The minimum absolute atomic E-state index is 0.161. The number of hydrogen-bond donors (Lipinski definition) is 1. The fourth-order valence-electron chi connectivity index (χ4n) is 2.42. The number of nitrogens with one attached hydrogen (secondary N) is 1. The molecule has 3 aromatic rings. The Morgan fingerprint density at radius 2 is 1.96 bits per heavy atom. The first kappa shape index (κ1) is 18.8. The van der Waals surface area contributed by atoms with Gasteiger partial charge < -0.3 is 4.74 Å². The van der Waals surface area contributed by atoms with Crippen molar-refractivity contribution in [1.82, 2.24) is 13.9 Å². The number of nitrogens with zero attached hydrogens (tertiary/aromatic N) is 3. The lowest BCUT2D eigenvalue weighted by atomic mass is 10.2. The number of carbonyl (C=O) groups is 1. The average Bonchev–Trinajstić information content (AvgIpc) is 3.06. The van der Waals surface area contributed by atoms with Crippen molar-refractivity contribution < 1.29 is 17.9 Å². The van der Waals surface area contributed by atoms with Crippen LogP contribution in [0.5, 0.6) is 0 Å². The molecule has 142 valence electrons. The van der Waals surface area contributed by atoms with Crippen LogP contribution in [0.3, 0.4) is 0 Å². The molecule has 1 aromatic carbocycles. The third-order valence-electron chi connectivity index (χ3n) is 3.89. The van der Waals surface area contributed by atoms with Crippen LogP contribution in [0.2, 0.25) is 0 Å². The molecule has 0 saturated carbocycles. The molecule has 0 aliphatic heterocycles. The van der Waals surface area contributed by atoms with Crippen molar-refractivity contribution in [3.8, 4) is 0 Å². The van der Waals surface area contributed by atoms with E-state index in [9.17, 15) is 13.2 Å². The summed E-state index contributed by atoms with van der Waals surface area (Å²) >= 11 is 0. The lowest BCUT2D eigenvalue weighted by molar-refractivity contribution is 0.160. The Morgan fingerprint density at radius 3 is 2.67 bits per heavy atom. The van der Waals surface area contributed by atoms with Gasteiger partial charge in [0.25, 0.3) is 10.0 Å². The number of anilines is 1. The number of rotatable bonds is 6. The van der Waals surface area contributed by atoms with Crippen molar-refractivity contribution >= 4 is 33.1 Å². The van der Waals surface area contributed by atoms with Crippen LogP contribution in [0.25, 0.3) is 11.2 Å². The van der Waals surface area contributed by atoms with E-state index in [0.29, 0.717) is 12.1 Å². The van der Waals surface area contributed by atoms with E-state index >= 15 is 0 Å². The molecular formula is C18H20N4O4S. The number of unbranched alkanes of at least 4 members (excludes halogenated alkanes) is 1. The first-order chi connectivity index (χ1) is 12.9. The van der Waals surface area contributed by atoms with Gasteiger partial charge in [-0.15, -0.1) is 0 Å². The SMILES string of the molecule is CCCCOC(=O)Nc1cnc2c(ccn2S(=O)(=O)c2ccc(C)cc2)n1. The summed E-state index contributed by atoms with van der Waals surface area (Å²) in [5.41, 5.74) is 1.49. The molecule has 0 aliphatic rings. The van der Waals surface area contributed by atoms with E-state index in [1.165, 1.54) is 18.5 Å². The highest BCUT2D eigenvalue weighted by Gasteiger charge is 2.20. The molecule has 0 aliphatic carbocycles. The molecule has 8 nitrogen and oxygen atoms in total. The summed E-state index contributed by atoms with van der Waals surface area (Å²) in [6.45, 7) is 4.20. The highest BCUT2D eigenvalue weighted by Crippen LogP contribution is 2.21. The Kier molecular flexibility index (Phi) is 5.41. The minimum atomic E-state index is -3.79. The zero-order valence-electron chi connectivity index (χ0n) is 15.0. The number of ether oxygens (including phenoxy) is 1. The quantitative estimate of drug-likeness (QED) is 0.650. The van der Waals surface area contributed by atoms with Gasteiger partial charge in [0.05, 0.1) is 17.7 Å². The summed E-state index contributed by atoms with van der Waals surface area (Å²) in [5, 5.41) is 2.49. The van der Waals surface area contributed by atoms with Crippen molar-refractivity contribution in [1.29, 1.82) is 0 Å².